The lowest BCUT2D eigenvalue weighted by molar-refractivity contribution is 0.0367. The van der Waals surface area contributed by atoms with Crippen LogP contribution >= 0.6 is 0 Å². The van der Waals surface area contributed by atoms with Crippen LogP contribution in [0.3, 0.4) is 0 Å². The summed E-state index contributed by atoms with van der Waals surface area (Å²) in [6, 6.07) is 18.8. The van der Waals surface area contributed by atoms with E-state index in [1.807, 2.05) is 29.2 Å². The molecule has 2 saturated heterocycles. The van der Waals surface area contributed by atoms with Crippen LogP contribution in [0, 0.1) is 5.92 Å². The van der Waals surface area contributed by atoms with Crippen LogP contribution in [-0.2, 0) is 11.3 Å². The highest BCUT2D eigenvalue weighted by Crippen LogP contribution is 2.28. The predicted octanol–water partition coefficient (Wildman–Crippen LogP) is 3.54. The maximum Gasteiger partial charge on any atom is 0.270 e. The van der Waals surface area contributed by atoms with Crippen molar-refractivity contribution in [1.29, 1.82) is 0 Å². The van der Waals surface area contributed by atoms with Crippen molar-refractivity contribution in [3.8, 4) is 5.75 Å². The lowest BCUT2D eigenvalue weighted by Crippen LogP contribution is -2.52. The van der Waals surface area contributed by atoms with E-state index >= 15 is 0 Å². The maximum absolute atomic E-state index is 13.3. The molecule has 2 fully saturated rings. The van der Waals surface area contributed by atoms with E-state index in [0.717, 1.165) is 55.9 Å². The first-order chi connectivity index (χ1) is 15.2. The molecule has 0 saturated carbocycles. The number of aromatic amines is 1. The number of hydrogen-bond acceptors (Lipinski definition) is 4. The van der Waals surface area contributed by atoms with E-state index in [9.17, 15) is 4.79 Å². The van der Waals surface area contributed by atoms with E-state index in [0.29, 0.717) is 24.3 Å². The third-order valence-electron chi connectivity index (χ3n) is 6.59. The van der Waals surface area contributed by atoms with Gasteiger partial charge in [0.25, 0.3) is 5.91 Å². The lowest BCUT2D eigenvalue weighted by Gasteiger charge is -2.42. The molecule has 2 aliphatic heterocycles. The molecule has 3 heterocycles. The molecule has 1 aromatic heterocycles. The fourth-order valence-electron chi connectivity index (χ4n) is 4.97. The second-order valence-corrected chi connectivity index (χ2v) is 8.53. The Morgan fingerprint density at radius 3 is 2.87 bits per heavy atom. The number of benzene rings is 2. The van der Waals surface area contributed by atoms with Gasteiger partial charge in [0.05, 0.1) is 20.3 Å². The molecule has 3 aromatic rings. The number of hydrogen-bond donors (Lipinski definition) is 1. The fourth-order valence-corrected chi connectivity index (χ4v) is 4.97. The van der Waals surface area contributed by atoms with E-state index in [2.05, 4.69) is 40.2 Å². The lowest BCUT2D eigenvalue weighted by atomic mass is 9.91. The van der Waals surface area contributed by atoms with Crippen molar-refractivity contribution in [3.05, 3.63) is 65.9 Å². The van der Waals surface area contributed by atoms with Gasteiger partial charge in [0.2, 0.25) is 0 Å². The van der Waals surface area contributed by atoms with Crippen LogP contribution in [-0.4, -0.2) is 66.7 Å². The molecular formula is C25H29N3O3. The minimum atomic E-state index is 0.0625. The molecule has 0 spiro atoms. The molecule has 2 aromatic carbocycles. The number of nitrogens with zero attached hydrogens (tertiary/aromatic N) is 2. The number of methoxy groups -OCH3 is 1. The summed E-state index contributed by atoms with van der Waals surface area (Å²) in [6.45, 7) is 4.83. The summed E-state index contributed by atoms with van der Waals surface area (Å²) < 4.78 is 11.2. The monoisotopic (exact) mass is 419 g/mol. The number of H-pyrrole nitrogens is 1. The summed E-state index contributed by atoms with van der Waals surface area (Å²) in [7, 11) is 1.65. The predicted molar refractivity (Wildman–Crippen MR) is 120 cm³/mol. The van der Waals surface area contributed by atoms with Crippen molar-refractivity contribution >= 4 is 16.8 Å². The minimum absolute atomic E-state index is 0.0625. The SMILES string of the molecule is COc1ccc2[nH]c(C(=O)N3CC[C@@H]4[C@@H](COCCN4Cc4ccccc4)C3)cc2c1. The number of fused-ring (bicyclic) bond motifs is 2. The van der Waals surface area contributed by atoms with Crippen molar-refractivity contribution in [2.45, 2.75) is 19.0 Å². The van der Waals surface area contributed by atoms with Gasteiger partial charge in [-0.25, -0.2) is 0 Å². The second kappa shape index (κ2) is 8.73. The van der Waals surface area contributed by atoms with Gasteiger partial charge in [-0.1, -0.05) is 30.3 Å². The highest BCUT2D eigenvalue weighted by atomic mass is 16.5. The summed E-state index contributed by atoms with van der Waals surface area (Å²) in [5.74, 6) is 1.18. The molecule has 5 rings (SSSR count). The first-order valence-electron chi connectivity index (χ1n) is 11.0. The van der Waals surface area contributed by atoms with Crippen molar-refractivity contribution in [1.82, 2.24) is 14.8 Å². The Kier molecular flexibility index (Phi) is 5.66. The van der Waals surface area contributed by atoms with Crippen LogP contribution in [0.2, 0.25) is 0 Å². The average Bonchev–Trinajstić information content (AvgIpc) is 3.14. The van der Waals surface area contributed by atoms with Gasteiger partial charge in [-0.05, 0) is 36.2 Å². The minimum Gasteiger partial charge on any atom is -0.497 e. The van der Waals surface area contributed by atoms with Crippen molar-refractivity contribution in [2.24, 2.45) is 5.92 Å². The van der Waals surface area contributed by atoms with Crippen molar-refractivity contribution in [3.63, 3.8) is 0 Å². The fraction of sp³-hybridized carbons (Fsp3) is 0.400. The third kappa shape index (κ3) is 4.18. The summed E-state index contributed by atoms with van der Waals surface area (Å²) in [4.78, 5) is 21.1. The molecule has 0 radical (unpaired) electrons. The smallest absolute Gasteiger partial charge is 0.270 e. The van der Waals surface area contributed by atoms with Crippen LogP contribution < -0.4 is 4.74 Å². The van der Waals surface area contributed by atoms with Crippen LogP contribution in [0.1, 0.15) is 22.5 Å². The van der Waals surface area contributed by atoms with E-state index in [1.54, 1.807) is 7.11 Å². The molecule has 31 heavy (non-hydrogen) atoms. The normalized spacial score (nSPS) is 22.2. The molecule has 6 heteroatoms. The molecule has 6 nitrogen and oxygen atoms in total. The Morgan fingerprint density at radius 2 is 2.03 bits per heavy atom. The number of piperidine rings is 1. The first kappa shape index (κ1) is 20.1. The Hall–Kier alpha value is -2.83. The zero-order valence-corrected chi connectivity index (χ0v) is 17.9. The zero-order valence-electron chi connectivity index (χ0n) is 17.9. The number of carbonyl (C=O) groups excluding carboxylic acids is 1. The largest absolute Gasteiger partial charge is 0.497 e. The van der Waals surface area contributed by atoms with Crippen LogP contribution in [0.25, 0.3) is 10.9 Å². The van der Waals surface area contributed by atoms with Crippen molar-refractivity contribution < 1.29 is 14.3 Å². The Balaban J connectivity index is 1.30. The quantitative estimate of drug-likeness (QED) is 0.703. The highest BCUT2D eigenvalue weighted by Gasteiger charge is 2.37. The van der Waals surface area contributed by atoms with Gasteiger partial charge in [-0.15, -0.1) is 0 Å². The molecule has 0 unspecified atom stereocenters. The molecule has 2 aliphatic rings. The maximum atomic E-state index is 13.3. The van der Waals surface area contributed by atoms with E-state index in [-0.39, 0.29) is 5.91 Å². The number of rotatable bonds is 4. The Morgan fingerprint density at radius 1 is 1.16 bits per heavy atom. The van der Waals surface area contributed by atoms with E-state index in [1.165, 1.54) is 5.56 Å². The van der Waals surface area contributed by atoms with E-state index < -0.39 is 0 Å². The molecule has 0 bridgehead atoms. The van der Waals surface area contributed by atoms with Gasteiger partial charge in [0, 0.05) is 49.0 Å². The van der Waals surface area contributed by atoms with Crippen LogP contribution in [0.15, 0.2) is 54.6 Å². The van der Waals surface area contributed by atoms with Gasteiger partial charge >= 0.3 is 0 Å². The van der Waals surface area contributed by atoms with Gasteiger partial charge < -0.3 is 19.4 Å². The molecular weight excluding hydrogens is 390 g/mol. The number of nitrogens with one attached hydrogen (secondary N) is 1. The Labute approximate surface area is 182 Å². The molecule has 2 atom stereocenters. The van der Waals surface area contributed by atoms with Gasteiger partial charge in [-0.2, -0.15) is 0 Å². The topological polar surface area (TPSA) is 57.8 Å². The highest BCUT2D eigenvalue weighted by molar-refractivity contribution is 5.98. The summed E-state index contributed by atoms with van der Waals surface area (Å²) in [5, 5.41) is 0.990. The zero-order chi connectivity index (χ0) is 21.2. The summed E-state index contributed by atoms with van der Waals surface area (Å²) in [5.41, 5.74) is 2.92. The van der Waals surface area contributed by atoms with Crippen LogP contribution in [0.4, 0.5) is 0 Å². The number of aromatic nitrogens is 1. The molecule has 162 valence electrons. The first-order valence-corrected chi connectivity index (χ1v) is 11.0. The Bertz CT molecular complexity index is 1050. The number of amides is 1. The van der Waals surface area contributed by atoms with Crippen molar-refractivity contribution in [2.75, 3.05) is 40.0 Å². The third-order valence-corrected chi connectivity index (χ3v) is 6.59. The number of ether oxygens (including phenoxy) is 2. The number of likely N-dealkylation sites (tertiary alicyclic amines) is 1. The standard InChI is InChI=1S/C25H29N3O3/c1-30-21-7-8-22-19(13-21)14-23(26-22)25(29)28-10-9-24-20(16-28)17-31-12-11-27(24)15-18-5-3-2-4-6-18/h2-8,13-14,20,24,26H,9-12,15-17H2,1H3/t20-,24-/m1/s1. The molecule has 1 N–H and O–H groups in total. The average molecular weight is 420 g/mol. The molecule has 0 aliphatic carbocycles. The second-order valence-electron chi connectivity index (χ2n) is 8.53. The number of carbonyl (C=O) groups is 1. The summed E-state index contributed by atoms with van der Waals surface area (Å²) >= 11 is 0. The van der Waals surface area contributed by atoms with Gasteiger partial charge in [-0.3, -0.25) is 9.69 Å². The van der Waals surface area contributed by atoms with Gasteiger partial charge in [0.15, 0.2) is 0 Å². The van der Waals surface area contributed by atoms with Gasteiger partial charge in [0.1, 0.15) is 11.4 Å². The molecule has 1 amide bonds. The van der Waals surface area contributed by atoms with E-state index in [4.69, 9.17) is 9.47 Å². The van der Waals surface area contributed by atoms with Crippen LogP contribution in [0.5, 0.6) is 5.75 Å². The summed E-state index contributed by atoms with van der Waals surface area (Å²) in [6.07, 6.45) is 0.973.